The van der Waals surface area contributed by atoms with Gasteiger partial charge < -0.3 is 5.32 Å². The van der Waals surface area contributed by atoms with Crippen LogP contribution in [0.15, 0.2) is 47.3 Å². The molecule has 0 fully saturated rings. The highest BCUT2D eigenvalue weighted by molar-refractivity contribution is 5.91. The molecule has 5 nitrogen and oxygen atoms in total. The van der Waals surface area contributed by atoms with Crippen molar-refractivity contribution in [2.24, 2.45) is 7.05 Å². The number of nitrogens with one attached hydrogen (secondary N) is 1. The zero-order valence-corrected chi connectivity index (χ0v) is 14.1. The zero-order chi connectivity index (χ0) is 19.1. The Balaban J connectivity index is 1.87. The van der Waals surface area contributed by atoms with E-state index in [2.05, 4.69) is 5.32 Å². The van der Waals surface area contributed by atoms with Gasteiger partial charge in [-0.15, -0.1) is 0 Å². The lowest BCUT2D eigenvalue weighted by Gasteiger charge is -2.13. The van der Waals surface area contributed by atoms with Crippen LogP contribution in [0.3, 0.4) is 0 Å². The number of halogens is 3. The van der Waals surface area contributed by atoms with E-state index in [9.17, 15) is 22.8 Å². The molecule has 0 atom stereocenters. The first kappa shape index (κ1) is 17.8. The van der Waals surface area contributed by atoms with Crippen LogP contribution in [0, 0.1) is 6.92 Å². The lowest BCUT2D eigenvalue weighted by atomic mass is 10.1. The summed E-state index contributed by atoms with van der Waals surface area (Å²) in [7, 11) is 1.59. The minimum absolute atomic E-state index is 0.0289. The van der Waals surface area contributed by atoms with Crippen molar-refractivity contribution in [2.75, 3.05) is 5.32 Å². The molecule has 1 amide bonds. The number of hydrogen-bond donors (Lipinski definition) is 1. The predicted octanol–water partition coefficient (Wildman–Crippen LogP) is 3.31. The third kappa shape index (κ3) is 3.22. The smallest absolute Gasteiger partial charge is 0.325 e. The van der Waals surface area contributed by atoms with Gasteiger partial charge in [0, 0.05) is 12.7 Å². The quantitative estimate of drug-likeness (QED) is 0.776. The Morgan fingerprint density at radius 3 is 2.42 bits per heavy atom. The van der Waals surface area contributed by atoms with E-state index in [4.69, 9.17) is 0 Å². The molecule has 0 spiro atoms. The molecule has 3 aromatic rings. The number of fused-ring (bicyclic) bond motifs is 1. The van der Waals surface area contributed by atoms with E-state index in [0.717, 1.165) is 6.07 Å². The molecule has 0 aliphatic heterocycles. The van der Waals surface area contributed by atoms with Crippen molar-refractivity contribution in [3.05, 3.63) is 64.1 Å². The summed E-state index contributed by atoms with van der Waals surface area (Å²) >= 11 is 0. The lowest BCUT2D eigenvalue weighted by molar-refractivity contribution is -0.138. The number of benzene rings is 2. The van der Waals surface area contributed by atoms with Crippen molar-refractivity contribution in [2.45, 2.75) is 19.6 Å². The fourth-order valence-corrected chi connectivity index (χ4v) is 2.87. The number of hydrogen-bond acceptors (Lipinski definition) is 2. The van der Waals surface area contributed by atoms with E-state index in [1.54, 1.807) is 31.3 Å². The van der Waals surface area contributed by atoms with Crippen LogP contribution in [0.5, 0.6) is 0 Å². The fourth-order valence-electron chi connectivity index (χ4n) is 2.87. The topological polar surface area (TPSA) is 56.0 Å². The van der Waals surface area contributed by atoms with Crippen molar-refractivity contribution in [1.29, 1.82) is 0 Å². The van der Waals surface area contributed by atoms with Crippen molar-refractivity contribution in [3.63, 3.8) is 0 Å². The summed E-state index contributed by atoms with van der Waals surface area (Å²) in [4.78, 5) is 24.6. The number of imidazole rings is 1. The number of aromatic nitrogens is 2. The average molecular weight is 363 g/mol. The van der Waals surface area contributed by atoms with Crippen LogP contribution in [0.25, 0.3) is 11.0 Å². The first-order chi connectivity index (χ1) is 12.2. The number of carbonyl (C=O) groups excluding carboxylic acids is 1. The number of para-hydroxylation sites is 2. The molecular formula is C18H16F3N3O2. The van der Waals surface area contributed by atoms with Gasteiger partial charge in [0.05, 0.1) is 16.6 Å². The molecule has 0 radical (unpaired) electrons. The van der Waals surface area contributed by atoms with E-state index < -0.39 is 17.6 Å². The molecule has 0 aliphatic carbocycles. The number of amides is 1. The molecular weight excluding hydrogens is 347 g/mol. The van der Waals surface area contributed by atoms with Gasteiger partial charge >= 0.3 is 11.9 Å². The minimum atomic E-state index is -4.50. The molecule has 1 heterocycles. The van der Waals surface area contributed by atoms with E-state index in [1.807, 2.05) is 0 Å². The predicted molar refractivity (Wildman–Crippen MR) is 92.0 cm³/mol. The maximum absolute atomic E-state index is 13.0. The molecule has 0 unspecified atom stereocenters. The average Bonchev–Trinajstić information content (AvgIpc) is 2.81. The standard InChI is InChI=1S/C18H16F3N3O2/c1-11-7-8-12(9-13(11)18(19,20)21)22-16(25)10-24-15-6-4-3-5-14(15)23(2)17(24)26/h3-9H,10H2,1-2H3,(H,22,25). The monoisotopic (exact) mass is 363 g/mol. The zero-order valence-electron chi connectivity index (χ0n) is 14.1. The van der Waals surface area contributed by atoms with Gasteiger partial charge in [-0.05, 0) is 36.8 Å². The second kappa shape index (κ2) is 6.36. The number of aryl methyl sites for hydroxylation is 2. The van der Waals surface area contributed by atoms with E-state index in [1.165, 1.54) is 28.2 Å². The molecule has 0 bridgehead atoms. The van der Waals surface area contributed by atoms with Crippen LogP contribution >= 0.6 is 0 Å². The molecule has 8 heteroatoms. The highest BCUT2D eigenvalue weighted by Crippen LogP contribution is 2.33. The Kier molecular flexibility index (Phi) is 4.35. The number of carbonyl (C=O) groups is 1. The second-order valence-corrected chi connectivity index (χ2v) is 5.99. The maximum Gasteiger partial charge on any atom is 0.416 e. The number of nitrogens with zero attached hydrogens (tertiary/aromatic N) is 2. The highest BCUT2D eigenvalue weighted by Gasteiger charge is 2.32. The minimum Gasteiger partial charge on any atom is -0.325 e. The van der Waals surface area contributed by atoms with Crippen molar-refractivity contribution in [1.82, 2.24) is 9.13 Å². The molecule has 0 saturated heterocycles. The summed E-state index contributed by atoms with van der Waals surface area (Å²) in [5, 5.41) is 2.42. The molecule has 1 N–H and O–H groups in total. The summed E-state index contributed by atoms with van der Waals surface area (Å²) in [5.41, 5.74) is 0.163. The highest BCUT2D eigenvalue weighted by atomic mass is 19.4. The van der Waals surface area contributed by atoms with Crippen LogP contribution in [-0.4, -0.2) is 15.0 Å². The summed E-state index contributed by atoms with van der Waals surface area (Å²) in [6, 6.07) is 10.6. The Morgan fingerprint density at radius 2 is 1.77 bits per heavy atom. The summed E-state index contributed by atoms with van der Waals surface area (Å²) in [6.45, 7) is 1.06. The number of anilines is 1. The van der Waals surface area contributed by atoms with Crippen LogP contribution in [0.4, 0.5) is 18.9 Å². The largest absolute Gasteiger partial charge is 0.416 e. The van der Waals surface area contributed by atoms with Crippen molar-refractivity contribution >= 4 is 22.6 Å². The maximum atomic E-state index is 13.0. The van der Waals surface area contributed by atoms with Gasteiger partial charge in [-0.25, -0.2) is 4.79 Å². The van der Waals surface area contributed by atoms with E-state index in [-0.39, 0.29) is 23.5 Å². The summed E-state index contributed by atoms with van der Waals surface area (Å²) in [5.74, 6) is -0.583. The van der Waals surface area contributed by atoms with Gasteiger partial charge in [-0.2, -0.15) is 13.2 Å². The molecule has 3 rings (SSSR count). The lowest BCUT2D eigenvalue weighted by Crippen LogP contribution is -2.28. The van der Waals surface area contributed by atoms with Crippen LogP contribution in [-0.2, 0) is 24.6 Å². The van der Waals surface area contributed by atoms with Crippen LogP contribution in [0.1, 0.15) is 11.1 Å². The van der Waals surface area contributed by atoms with Crippen LogP contribution in [0.2, 0.25) is 0 Å². The Labute approximate surface area is 146 Å². The second-order valence-electron chi connectivity index (χ2n) is 5.99. The Bertz CT molecular complexity index is 1050. The van der Waals surface area contributed by atoms with Gasteiger partial charge in [0.2, 0.25) is 5.91 Å². The molecule has 0 saturated carbocycles. The first-order valence-electron chi connectivity index (χ1n) is 7.80. The number of alkyl halides is 3. The van der Waals surface area contributed by atoms with Crippen molar-refractivity contribution in [3.8, 4) is 0 Å². The Hall–Kier alpha value is -3.03. The summed E-state index contributed by atoms with van der Waals surface area (Å²) in [6.07, 6.45) is -4.50. The van der Waals surface area contributed by atoms with Gasteiger partial charge in [-0.3, -0.25) is 13.9 Å². The van der Waals surface area contributed by atoms with Crippen LogP contribution < -0.4 is 11.0 Å². The normalized spacial score (nSPS) is 11.7. The fraction of sp³-hybridized carbons (Fsp3) is 0.222. The molecule has 1 aromatic heterocycles. The van der Waals surface area contributed by atoms with Gasteiger partial charge in [0.1, 0.15) is 6.54 Å². The van der Waals surface area contributed by atoms with Gasteiger partial charge in [-0.1, -0.05) is 18.2 Å². The van der Waals surface area contributed by atoms with Gasteiger partial charge in [0.25, 0.3) is 0 Å². The first-order valence-corrected chi connectivity index (χ1v) is 7.80. The van der Waals surface area contributed by atoms with Crippen molar-refractivity contribution < 1.29 is 18.0 Å². The van der Waals surface area contributed by atoms with Gasteiger partial charge in [0.15, 0.2) is 0 Å². The van der Waals surface area contributed by atoms with E-state index in [0.29, 0.717) is 11.0 Å². The molecule has 0 aliphatic rings. The third-order valence-electron chi connectivity index (χ3n) is 4.18. The SMILES string of the molecule is Cc1ccc(NC(=O)Cn2c(=O)n(C)c3ccccc32)cc1C(F)(F)F. The molecule has 2 aromatic carbocycles. The Morgan fingerprint density at radius 1 is 1.12 bits per heavy atom. The van der Waals surface area contributed by atoms with E-state index >= 15 is 0 Å². The summed E-state index contributed by atoms with van der Waals surface area (Å²) < 4.78 is 41.6. The molecule has 26 heavy (non-hydrogen) atoms. The number of rotatable bonds is 3. The third-order valence-corrected chi connectivity index (χ3v) is 4.18. The molecule has 136 valence electrons.